The Morgan fingerprint density at radius 1 is 1.47 bits per heavy atom. The van der Waals surface area contributed by atoms with Crippen LogP contribution in [0, 0.1) is 6.92 Å². The summed E-state index contributed by atoms with van der Waals surface area (Å²) in [6.45, 7) is 2.47. The molecule has 0 saturated carbocycles. The summed E-state index contributed by atoms with van der Waals surface area (Å²) in [5, 5.41) is 7.85. The van der Waals surface area contributed by atoms with Crippen LogP contribution in [-0.4, -0.2) is 15.0 Å². The molecule has 0 saturated heterocycles. The fourth-order valence-corrected chi connectivity index (χ4v) is 2.04. The zero-order valence-corrected chi connectivity index (χ0v) is 9.90. The van der Waals surface area contributed by atoms with Crippen molar-refractivity contribution in [3.05, 3.63) is 40.1 Å². The Hall–Kier alpha value is -1.20. The summed E-state index contributed by atoms with van der Waals surface area (Å²) >= 11 is 3.50. The molecule has 0 unspecified atom stereocenters. The molecule has 5 heteroatoms. The minimum Gasteiger partial charge on any atom is -0.325 e. The van der Waals surface area contributed by atoms with E-state index in [2.05, 4.69) is 26.2 Å². The molecule has 2 N–H and O–H groups in total. The molecule has 2 rings (SSSR count). The van der Waals surface area contributed by atoms with Gasteiger partial charge < -0.3 is 5.73 Å². The summed E-state index contributed by atoms with van der Waals surface area (Å²) < 4.78 is 2.73. The molecule has 0 aliphatic heterocycles. The molecule has 0 atom stereocenters. The Morgan fingerprint density at radius 2 is 2.27 bits per heavy atom. The number of hydrogen-bond acceptors (Lipinski definition) is 3. The third-order valence-electron chi connectivity index (χ3n) is 2.16. The van der Waals surface area contributed by atoms with Gasteiger partial charge in [0, 0.05) is 11.0 Å². The molecule has 0 aliphatic rings. The number of aromatic nitrogens is 3. The van der Waals surface area contributed by atoms with Crippen LogP contribution in [0.5, 0.6) is 0 Å². The lowest BCUT2D eigenvalue weighted by Gasteiger charge is -2.07. The molecule has 1 heterocycles. The molecule has 0 radical (unpaired) electrons. The SMILES string of the molecule is Cc1ccc(-n2nncc2CN)c(Br)c1. The predicted octanol–water partition coefficient (Wildman–Crippen LogP) is 1.80. The molecular formula is C10H11BrN4. The topological polar surface area (TPSA) is 56.7 Å². The first kappa shape index (κ1) is 10.3. The van der Waals surface area contributed by atoms with Crippen molar-refractivity contribution in [3.63, 3.8) is 0 Å². The Balaban J connectivity index is 2.54. The Bertz CT molecular complexity index is 478. The first-order valence-corrected chi connectivity index (χ1v) is 5.38. The molecule has 0 aliphatic carbocycles. The monoisotopic (exact) mass is 266 g/mol. The van der Waals surface area contributed by atoms with Crippen LogP contribution in [0.25, 0.3) is 5.69 Å². The molecule has 15 heavy (non-hydrogen) atoms. The van der Waals surface area contributed by atoms with Crippen LogP contribution in [-0.2, 0) is 6.54 Å². The maximum atomic E-state index is 5.60. The van der Waals surface area contributed by atoms with Gasteiger partial charge in [-0.2, -0.15) is 0 Å². The van der Waals surface area contributed by atoms with Gasteiger partial charge in [-0.05, 0) is 40.5 Å². The number of hydrogen-bond donors (Lipinski definition) is 1. The lowest BCUT2D eigenvalue weighted by Crippen LogP contribution is -2.07. The van der Waals surface area contributed by atoms with E-state index in [1.165, 1.54) is 5.56 Å². The van der Waals surface area contributed by atoms with Crippen LogP contribution in [0.1, 0.15) is 11.3 Å². The van der Waals surface area contributed by atoms with Gasteiger partial charge in [-0.3, -0.25) is 0 Å². The van der Waals surface area contributed by atoms with E-state index in [9.17, 15) is 0 Å². The third kappa shape index (κ3) is 1.93. The van der Waals surface area contributed by atoms with Crippen LogP contribution in [0.2, 0.25) is 0 Å². The fraction of sp³-hybridized carbons (Fsp3) is 0.200. The summed E-state index contributed by atoms with van der Waals surface area (Å²) in [7, 11) is 0. The number of benzene rings is 1. The highest BCUT2D eigenvalue weighted by atomic mass is 79.9. The quantitative estimate of drug-likeness (QED) is 0.902. The molecule has 1 aromatic carbocycles. The Kier molecular flexibility index (Phi) is 2.83. The zero-order chi connectivity index (χ0) is 10.8. The minimum absolute atomic E-state index is 0.424. The molecule has 78 valence electrons. The highest BCUT2D eigenvalue weighted by Crippen LogP contribution is 2.22. The number of nitrogens with two attached hydrogens (primary N) is 1. The number of nitrogens with zero attached hydrogens (tertiary/aromatic N) is 3. The molecule has 2 aromatic rings. The van der Waals surface area contributed by atoms with E-state index in [0.29, 0.717) is 6.54 Å². The smallest absolute Gasteiger partial charge is 0.0809 e. The fourth-order valence-electron chi connectivity index (χ4n) is 1.38. The van der Waals surface area contributed by atoms with Crippen molar-refractivity contribution in [2.24, 2.45) is 5.73 Å². The average molecular weight is 267 g/mol. The van der Waals surface area contributed by atoms with Gasteiger partial charge in [0.15, 0.2) is 0 Å². The van der Waals surface area contributed by atoms with E-state index in [0.717, 1.165) is 15.9 Å². The third-order valence-corrected chi connectivity index (χ3v) is 2.80. The second kappa shape index (κ2) is 4.12. The van der Waals surface area contributed by atoms with Gasteiger partial charge in [-0.15, -0.1) is 5.10 Å². The Labute approximate surface area is 96.2 Å². The minimum atomic E-state index is 0.424. The number of rotatable bonds is 2. The summed E-state index contributed by atoms with van der Waals surface area (Å²) in [6.07, 6.45) is 1.67. The largest absolute Gasteiger partial charge is 0.325 e. The van der Waals surface area contributed by atoms with Gasteiger partial charge in [0.1, 0.15) is 0 Å². The van der Waals surface area contributed by atoms with Gasteiger partial charge in [0.2, 0.25) is 0 Å². The maximum absolute atomic E-state index is 5.60. The normalized spacial score (nSPS) is 10.6. The van der Waals surface area contributed by atoms with E-state index >= 15 is 0 Å². The summed E-state index contributed by atoms with van der Waals surface area (Å²) in [6, 6.07) is 6.06. The summed E-state index contributed by atoms with van der Waals surface area (Å²) in [5.74, 6) is 0. The molecule has 0 fully saturated rings. The van der Waals surface area contributed by atoms with Crippen molar-refractivity contribution in [1.29, 1.82) is 0 Å². The van der Waals surface area contributed by atoms with Crippen molar-refractivity contribution < 1.29 is 0 Å². The Morgan fingerprint density at radius 3 is 2.93 bits per heavy atom. The highest BCUT2D eigenvalue weighted by Gasteiger charge is 2.07. The first-order valence-electron chi connectivity index (χ1n) is 4.58. The number of aryl methyl sites for hydroxylation is 1. The lowest BCUT2D eigenvalue weighted by molar-refractivity contribution is 0.759. The van der Waals surface area contributed by atoms with Crippen molar-refractivity contribution in [3.8, 4) is 5.69 Å². The zero-order valence-electron chi connectivity index (χ0n) is 8.31. The van der Waals surface area contributed by atoms with E-state index in [1.54, 1.807) is 10.9 Å². The van der Waals surface area contributed by atoms with Gasteiger partial charge in [0.25, 0.3) is 0 Å². The highest BCUT2D eigenvalue weighted by molar-refractivity contribution is 9.10. The second-order valence-corrected chi connectivity index (χ2v) is 4.15. The molecule has 0 spiro atoms. The van der Waals surface area contributed by atoms with Crippen LogP contribution >= 0.6 is 15.9 Å². The molecule has 0 bridgehead atoms. The van der Waals surface area contributed by atoms with Gasteiger partial charge in [-0.25, -0.2) is 4.68 Å². The van der Waals surface area contributed by atoms with E-state index in [1.807, 2.05) is 25.1 Å². The maximum Gasteiger partial charge on any atom is 0.0809 e. The van der Waals surface area contributed by atoms with E-state index < -0.39 is 0 Å². The van der Waals surface area contributed by atoms with Crippen LogP contribution < -0.4 is 5.73 Å². The second-order valence-electron chi connectivity index (χ2n) is 3.30. The summed E-state index contributed by atoms with van der Waals surface area (Å²) in [5.41, 5.74) is 8.64. The van der Waals surface area contributed by atoms with Crippen LogP contribution in [0.4, 0.5) is 0 Å². The van der Waals surface area contributed by atoms with Crippen molar-refractivity contribution in [2.75, 3.05) is 0 Å². The van der Waals surface area contributed by atoms with Crippen LogP contribution in [0.15, 0.2) is 28.9 Å². The van der Waals surface area contributed by atoms with Crippen molar-refractivity contribution in [1.82, 2.24) is 15.0 Å². The molecular weight excluding hydrogens is 256 g/mol. The average Bonchev–Trinajstić information content (AvgIpc) is 2.65. The molecule has 0 amide bonds. The van der Waals surface area contributed by atoms with Gasteiger partial charge in [-0.1, -0.05) is 11.3 Å². The first-order chi connectivity index (χ1) is 7.22. The molecule has 1 aromatic heterocycles. The van der Waals surface area contributed by atoms with Gasteiger partial charge in [0.05, 0.1) is 17.6 Å². The van der Waals surface area contributed by atoms with Crippen molar-refractivity contribution >= 4 is 15.9 Å². The van der Waals surface area contributed by atoms with Crippen LogP contribution in [0.3, 0.4) is 0 Å². The predicted molar refractivity (Wildman–Crippen MR) is 61.7 cm³/mol. The van der Waals surface area contributed by atoms with E-state index in [-0.39, 0.29) is 0 Å². The van der Waals surface area contributed by atoms with Gasteiger partial charge >= 0.3 is 0 Å². The summed E-state index contributed by atoms with van der Waals surface area (Å²) in [4.78, 5) is 0. The number of halogens is 1. The standard InChI is InChI=1S/C10H11BrN4/c1-7-2-3-10(9(11)4-7)15-8(5-12)6-13-14-15/h2-4,6H,5,12H2,1H3. The molecule has 4 nitrogen and oxygen atoms in total. The lowest BCUT2D eigenvalue weighted by atomic mass is 10.2. The van der Waals surface area contributed by atoms with Crippen molar-refractivity contribution in [2.45, 2.75) is 13.5 Å². The van der Waals surface area contributed by atoms with E-state index in [4.69, 9.17) is 5.73 Å².